The molecule has 0 bridgehead atoms. The summed E-state index contributed by atoms with van der Waals surface area (Å²) in [6.07, 6.45) is 3.62. The molecule has 2 aromatic rings. The van der Waals surface area contributed by atoms with Crippen LogP contribution >= 0.6 is 0 Å². The Hall–Kier alpha value is -1.95. The van der Waals surface area contributed by atoms with Gasteiger partial charge in [-0.1, -0.05) is 6.07 Å². The maximum Gasteiger partial charge on any atom is 0.147 e. The molecule has 88 valence electrons. The van der Waals surface area contributed by atoms with Gasteiger partial charge in [-0.25, -0.2) is 4.98 Å². The number of nitrogens with zero attached hydrogens (tertiary/aromatic N) is 5. The number of hydrogen-bond donors (Lipinski definition) is 1. The second kappa shape index (κ2) is 4.14. The van der Waals surface area contributed by atoms with Crippen molar-refractivity contribution >= 4 is 5.82 Å². The zero-order valence-electron chi connectivity index (χ0n) is 9.45. The van der Waals surface area contributed by atoms with E-state index in [0.717, 1.165) is 32.0 Å². The van der Waals surface area contributed by atoms with Gasteiger partial charge in [0.15, 0.2) is 0 Å². The molecule has 6 heteroatoms. The van der Waals surface area contributed by atoms with Gasteiger partial charge in [0.05, 0.1) is 6.54 Å². The molecule has 3 heterocycles. The summed E-state index contributed by atoms with van der Waals surface area (Å²) in [6.45, 7) is 3.67. The van der Waals surface area contributed by atoms with Gasteiger partial charge < -0.3 is 10.3 Å². The Morgan fingerprint density at radius 1 is 1.29 bits per heavy atom. The first-order valence-corrected chi connectivity index (χ1v) is 5.61. The third kappa shape index (κ3) is 2.12. The van der Waals surface area contributed by atoms with E-state index >= 15 is 0 Å². The first kappa shape index (κ1) is 10.2. The lowest BCUT2D eigenvalue weighted by Crippen LogP contribution is -2.33. The van der Waals surface area contributed by atoms with Gasteiger partial charge in [-0.2, -0.15) is 0 Å². The summed E-state index contributed by atoms with van der Waals surface area (Å²) < 4.78 is 2.09. The molecule has 2 aromatic heterocycles. The van der Waals surface area contributed by atoms with Gasteiger partial charge in [0.25, 0.3) is 0 Å². The Kier molecular flexibility index (Phi) is 2.49. The highest BCUT2D eigenvalue weighted by Crippen LogP contribution is 2.13. The molecule has 2 N–H and O–H groups in total. The summed E-state index contributed by atoms with van der Waals surface area (Å²) in [5.41, 5.74) is 6.74. The molecule has 1 aliphatic heterocycles. The highest BCUT2D eigenvalue weighted by atomic mass is 15.3. The molecule has 0 radical (unpaired) electrons. The van der Waals surface area contributed by atoms with Gasteiger partial charge >= 0.3 is 0 Å². The lowest BCUT2D eigenvalue weighted by atomic mass is 10.2. The Morgan fingerprint density at radius 2 is 2.24 bits per heavy atom. The lowest BCUT2D eigenvalue weighted by molar-refractivity contribution is 0.208. The third-order valence-electron chi connectivity index (χ3n) is 2.97. The second-order valence-electron chi connectivity index (χ2n) is 4.24. The van der Waals surface area contributed by atoms with Crippen molar-refractivity contribution in [2.24, 2.45) is 0 Å². The van der Waals surface area contributed by atoms with E-state index in [1.165, 1.54) is 5.56 Å². The van der Waals surface area contributed by atoms with Crippen LogP contribution in [0.25, 0.3) is 0 Å². The molecule has 0 fully saturated rings. The van der Waals surface area contributed by atoms with E-state index in [2.05, 4.69) is 24.6 Å². The van der Waals surface area contributed by atoms with E-state index in [9.17, 15) is 0 Å². The molecule has 6 nitrogen and oxygen atoms in total. The van der Waals surface area contributed by atoms with E-state index in [-0.39, 0.29) is 0 Å². The van der Waals surface area contributed by atoms with E-state index in [0.29, 0.717) is 5.82 Å². The van der Waals surface area contributed by atoms with Crippen molar-refractivity contribution in [2.45, 2.75) is 19.6 Å². The number of nitrogens with two attached hydrogens (primary N) is 1. The van der Waals surface area contributed by atoms with Crippen LogP contribution in [0.3, 0.4) is 0 Å². The number of rotatable bonds is 2. The van der Waals surface area contributed by atoms with E-state index < -0.39 is 0 Å². The first-order chi connectivity index (χ1) is 8.31. The smallest absolute Gasteiger partial charge is 0.147 e. The van der Waals surface area contributed by atoms with Gasteiger partial charge in [0.1, 0.15) is 18.0 Å². The number of hydrogen-bond acceptors (Lipinski definition) is 5. The first-order valence-electron chi connectivity index (χ1n) is 5.61. The highest BCUT2D eigenvalue weighted by Gasteiger charge is 2.17. The van der Waals surface area contributed by atoms with Gasteiger partial charge in [-0.15, -0.1) is 10.2 Å². The quantitative estimate of drug-likeness (QED) is 0.801. The molecule has 0 amide bonds. The monoisotopic (exact) mass is 230 g/mol. The van der Waals surface area contributed by atoms with Crippen LogP contribution in [0, 0.1) is 0 Å². The summed E-state index contributed by atoms with van der Waals surface area (Å²) in [7, 11) is 0. The summed E-state index contributed by atoms with van der Waals surface area (Å²) in [6, 6.07) is 3.85. The Labute approximate surface area is 99.1 Å². The van der Waals surface area contributed by atoms with E-state index in [1.807, 2.05) is 18.3 Å². The van der Waals surface area contributed by atoms with Crippen molar-refractivity contribution < 1.29 is 0 Å². The zero-order valence-corrected chi connectivity index (χ0v) is 9.45. The summed E-state index contributed by atoms with van der Waals surface area (Å²) >= 11 is 0. The zero-order chi connectivity index (χ0) is 11.7. The maximum atomic E-state index is 5.56. The minimum absolute atomic E-state index is 0.562. The minimum Gasteiger partial charge on any atom is -0.384 e. The predicted octanol–water partition coefficient (Wildman–Crippen LogP) is 0.271. The van der Waals surface area contributed by atoms with E-state index in [1.54, 1.807) is 6.33 Å². The van der Waals surface area contributed by atoms with Crippen LogP contribution in [-0.2, 0) is 19.6 Å². The molecule has 0 saturated heterocycles. The summed E-state index contributed by atoms with van der Waals surface area (Å²) in [5.74, 6) is 1.59. The highest BCUT2D eigenvalue weighted by molar-refractivity contribution is 5.29. The average Bonchev–Trinajstić information content (AvgIpc) is 2.79. The molecule has 0 atom stereocenters. The third-order valence-corrected chi connectivity index (χ3v) is 2.97. The number of fused-ring (bicyclic) bond motifs is 1. The van der Waals surface area contributed by atoms with Crippen LogP contribution in [0.4, 0.5) is 5.82 Å². The van der Waals surface area contributed by atoms with Crippen LogP contribution in [0.2, 0.25) is 0 Å². The molecule has 3 rings (SSSR count). The molecule has 0 saturated carbocycles. The number of aromatic nitrogens is 4. The number of anilines is 1. The molecule has 0 spiro atoms. The molecule has 0 aliphatic carbocycles. The fraction of sp³-hybridized carbons (Fsp3) is 0.364. The fourth-order valence-electron chi connectivity index (χ4n) is 2.04. The molecule has 1 aliphatic rings. The summed E-state index contributed by atoms with van der Waals surface area (Å²) in [5, 5.41) is 8.01. The molecular weight excluding hydrogens is 216 g/mol. The van der Waals surface area contributed by atoms with Gasteiger partial charge in [0.2, 0.25) is 0 Å². The van der Waals surface area contributed by atoms with Crippen LogP contribution in [0.1, 0.15) is 11.4 Å². The maximum absolute atomic E-state index is 5.56. The topological polar surface area (TPSA) is 72.9 Å². The van der Waals surface area contributed by atoms with Crippen LogP contribution in [-0.4, -0.2) is 31.2 Å². The van der Waals surface area contributed by atoms with Crippen molar-refractivity contribution in [3.05, 3.63) is 36.0 Å². The molecule has 17 heavy (non-hydrogen) atoms. The Morgan fingerprint density at radius 3 is 3.06 bits per heavy atom. The van der Waals surface area contributed by atoms with Gasteiger partial charge in [-0.3, -0.25) is 4.90 Å². The van der Waals surface area contributed by atoms with E-state index in [4.69, 9.17) is 5.73 Å². The lowest BCUT2D eigenvalue weighted by Gasteiger charge is -2.26. The standard InChI is InChI=1S/C11H14N6/c12-10-2-1-9(5-13-10)6-16-3-4-17-8-14-15-11(17)7-16/h1-2,5,8H,3-4,6-7H2,(H2,12,13). The number of nitrogen functional groups attached to an aromatic ring is 1. The van der Waals surface area contributed by atoms with Crippen molar-refractivity contribution in [1.29, 1.82) is 0 Å². The van der Waals surface area contributed by atoms with Gasteiger partial charge in [0, 0.05) is 25.8 Å². The molecule has 0 unspecified atom stereocenters. The Balaban J connectivity index is 1.69. The van der Waals surface area contributed by atoms with Crippen molar-refractivity contribution in [3.8, 4) is 0 Å². The van der Waals surface area contributed by atoms with Crippen molar-refractivity contribution in [2.75, 3.05) is 12.3 Å². The normalized spacial score (nSPS) is 15.8. The largest absolute Gasteiger partial charge is 0.384 e. The second-order valence-corrected chi connectivity index (χ2v) is 4.24. The summed E-state index contributed by atoms with van der Waals surface area (Å²) in [4.78, 5) is 6.43. The molecule has 0 aromatic carbocycles. The predicted molar refractivity (Wildman–Crippen MR) is 62.8 cm³/mol. The number of pyridine rings is 1. The van der Waals surface area contributed by atoms with Crippen molar-refractivity contribution in [1.82, 2.24) is 24.6 Å². The van der Waals surface area contributed by atoms with Crippen molar-refractivity contribution in [3.63, 3.8) is 0 Å². The minimum atomic E-state index is 0.562. The fourth-order valence-corrected chi connectivity index (χ4v) is 2.04. The van der Waals surface area contributed by atoms with Crippen LogP contribution < -0.4 is 5.73 Å². The Bertz CT molecular complexity index is 503. The van der Waals surface area contributed by atoms with Crippen LogP contribution in [0.15, 0.2) is 24.7 Å². The van der Waals surface area contributed by atoms with Gasteiger partial charge in [-0.05, 0) is 11.6 Å². The molecular formula is C11H14N6. The van der Waals surface area contributed by atoms with Crippen LogP contribution in [0.5, 0.6) is 0 Å². The average molecular weight is 230 g/mol. The SMILES string of the molecule is Nc1ccc(CN2CCn3cnnc3C2)cn1.